The van der Waals surface area contributed by atoms with Crippen molar-refractivity contribution in [3.8, 4) is 40.2 Å². The van der Waals surface area contributed by atoms with Gasteiger partial charge in [-0.3, -0.25) is 4.79 Å². The largest absolute Gasteiger partial charge is 0.508 e. The van der Waals surface area contributed by atoms with Crippen molar-refractivity contribution in [2.45, 2.75) is 33.5 Å². The molecule has 11 heteroatoms. The number of ketones is 1. The predicted molar refractivity (Wildman–Crippen MR) is 133 cm³/mol. The number of phenols is 4. The molecule has 0 spiro atoms. The van der Waals surface area contributed by atoms with E-state index < -0.39 is 29.5 Å². The zero-order valence-electron chi connectivity index (χ0n) is 20.9. The van der Waals surface area contributed by atoms with Gasteiger partial charge in [-0.25, -0.2) is 9.59 Å². The van der Waals surface area contributed by atoms with Crippen LogP contribution in [0.4, 0.5) is 0 Å². The molecule has 5 N–H and O–H groups in total. The summed E-state index contributed by atoms with van der Waals surface area (Å²) in [7, 11) is 0. The number of hydrogen-bond donors (Lipinski definition) is 5. The summed E-state index contributed by atoms with van der Waals surface area (Å²) in [4.78, 5) is 37.7. The van der Waals surface area contributed by atoms with Crippen molar-refractivity contribution >= 4 is 23.8 Å². The second-order valence-corrected chi connectivity index (χ2v) is 9.23. The Morgan fingerprint density at radius 1 is 0.872 bits per heavy atom. The summed E-state index contributed by atoms with van der Waals surface area (Å²) < 4.78 is 16.7. The van der Waals surface area contributed by atoms with Crippen LogP contribution in [0.15, 0.2) is 24.3 Å². The van der Waals surface area contributed by atoms with Crippen molar-refractivity contribution in [2.24, 2.45) is 0 Å². The van der Waals surface area contributed by atoms with Gasteiger partial charge >= 0.3 is 11.9 Å². The zero-order chi connectivity index (χ0) is 28.3. The van der Waals surface area contributed by atoms with Crippen molar-refractivity contribution < 1.29 is 54.1 Å². The molecular weight excluding hydrogens is 512 g/mol. The van der Waals surface area contributed by atoms with Crippen LogP contribution < -0.4 is 9.47 Å². The fourth-order valence-electron chi connectivity index (χ4n) is 4.73. The van der Waals surface area contributed by atoms with Gasteiger partial charge in [-0.2, -0.15) is 0 Å². The van der Waals surface area contributed by atoms with Crippen LogP contribution in [0.25, 0.3) is 6.08 Å². The number of carbonyl (C=O) groups excluding carboxylic acids is 3. The highest BCUT2D eigenvalue weighted by Crippen LogP contribution is 2.55. The summed E-state index contributed by atoms with van der Waals surface area (Å²) >= 11 is 0. The Kier molecular flexibility index (Phi) is 5.95. The first-order valence-corrected chi connectivity index (χ1v) is 11.7. The molecule has 0 radical (unpaired) electrons. The smallest absolute Gasteiger partial charge is 0.347 e. The number of esters is 2. The molecule has 3 aromatic rings. The van der Waals surface area contributed by atoms with Gasteiger partial charge in [0.25, 0.3) is 0 Å². The lowest BCUT2D eigenvalue weighted by atomic mass is 9.93. The number of phenolic OH excluding ortho intramolecular Hbond substituents is 4. The Balaban J connectivity index is 1.82. The van der Waals surface area contributed by atoms with E-state index in [-0.39, 0.29) is 80.1 Å². The minimum Gasteiger partial charge on any atom is -0.508 e. The molecule has 0 bridgehead atoms. The first-order valence-electron chi connectivity index (χ1n) is 11.7. The van der Waals surface area contributed by atoms with Gasteiger partial charge in [-0.1, -0.05) is 0 Å². The van der Waals surface area contributed by atoms with E-state index in [9.17, 15) is 39.9 Å². The first-order chi connectivity index (χ1) is 18.4. The second-order valence-electron chi connectivity index (χ2n) is 9.23. The van der Waals surface area contributed by atoms with E-state index in [1.54, 1.807) is 6.92 Å². The van der Waals surface area contributed by atoms with Gasteiger partial charge < -0.3 is 39.7 Å². The van der Waals surface area contributed by atoms with Crippen molar-refractivity contribution in [3.63, 3.8) is 0 Å². The predicted octanol–water partition coefficient (Wildman–Crippen LogP) is 3.81. The molecule has 39 heavy (non-hydrogen) atoms. The Bertz CT molecular complexity index is 1630. The van der Waals surface area contributed by atoms with Crippen LogP contribution in [0.3, 0.4) is 0 Å². The Hall–Kier alpha value is -5.03. The van der Waals surface area contributed by atoms with Gasteiger partial charge in [-0.15, -0.1) is 0 Å². The van der Waals surface area contributed by atoms with E-state index in [1.807, 2.05) is 0 Å². The Labute approximate surface area is 220 Å². The molecule has 2 aliphatic rings. The maximum Gasteiger partial charge on any atom is 0.347 e. The number of ether oxygens (including phenoxy) is 3. The van der Waals surface area contributed by atoms with Gasteiger partial charge in [0.15, 0.2) is 23.0 Å². The number of cyclic esters (lactones) is 1. The number of carbonyl (C=O) groups is 3. The summed E-state index contributed by atoms with van der Waals surface area (Å²) in [6, 6.07) is 3.73. The molecule has 0 amide bonds. The number of aryl methyl sites for hydroxylation is 2. The molecule has 5 rings (SSSR count). The van der Waals surface area contributed by atoms with E-state index in [2.05, 4.69) is 0 Å². The maximum absolute atomic E-state index is 13.4. The fourth-order valence-corrected chi connectivity index (χ4v) is 4.73. The molecule has 0 aliphatic carbocycles. The standard InChI is InChI=1S/C28H22O11/c1-10-6-13(30)8-18(32)15(10)9-16-22(33)20-21(28(36)39-27(20)35)25-24(16)38-26(34)19-11(2)7-17(31)14(23(19)37-25)5-4-12(3)29/h4-8,28,30-33,36H,9H2,1-3H3. The number of aliphatic hydroxyl groups excluding tert-OH is 1. The molecule has 200 valence electrons. The average Bonchev–Trinajstić information content (AvgIpc) is 3.03. The summed E-state index contributed by atoms with van der Waals surface area (Å²) in [6.07, 6.45) is 0.207. The molecular formula is C28H22O11. The molecule has 2 heterocycles. The third kappa shape index (κ3) is 4.09. The van der Waals surface area contributed by atoms with Crippen LogP contribution in [-0.4, -0.2) is 43.3 Å². The van der Waals surface area contributed by atoms with Gasteiger partial charge in [-0.05, 0) is 56.2 Å². The van der Waals surface area contributed by atoms with Gasteiger partial charge in [0.2, 0.25) is 6.29 Å². The number of allylic oxidation sites excluding steroid dienone is 1. The van der Waals surface area contributed by atoms with E-state index in [1.165, 1.54) is 32.1 Å². The number of hydrogen-bond acceptors (Lipinski definition) is 11. The fraction of sp³-hybridized carbons (Fsp3) is 0.179. The summed E-state index contributed by atoms with van der Waals surface area (Å²) in [5.74, 6) is -4.84. The van der Waals surface area contributed by atoms with Crippen molar-refractivity contribution in [1.82, 2.24) is 0 Å². The third-order valence-electron chi connectivity index (χ3n) is 6.56. The SMILES string of the molecule is CC(=O)C=Cc1c(O)cc(C)c2c1Oc1c(c(Cc3c(C)cc(O)cc3O)c(O)c3c1C(O)OC3=O)OC2=O. The minimum atomic E-state index is -1.89. The lowest BCUT2D eigenvalue weighted by Crippen LogP contribution is -2.11. The number of rotatable bonds is 4. The zero-order valence-corrected chi connectivity index (χ0v) is 20.9. The highest BCUT2D eigenvalue weighted by molar-refractivity contribution is 6.03. The molecule has 0 saturated heterocycles. The maximum atomic E-state index is 13.4. The third-order valence-corrected chi connectivity index (χ3v) is 6.56. The summed E-state index contributed by atoms with van der Waals surface area (Å²) in [6.45, 7) is 4.39. The molecule has 11 nitrogen and oxygen atoms in total. The molecule has 2 aliphatic heterocycles. The van der Waals surface area contributed by atoms with Crippen LogP contribution in [0.5, 0.6) is 40.2 Å². The lowest BCUT2D eigenvalue weighted by Gasteiger charge is -2.19. The van der Waals surface area contributed by atoms with E-state index in [4.69, 9.17) is 14.2 Å². The van der Waals surface area contributed by atoms with Crippen LogP contribution in [0.1, 0.15) is 67.3 Å². The topological polar surface area (TPSA) is 180 Å². The average molecular weight is 534 g/mol. The molecule has 0 saturated carbocycles. The van der Waals surface area contributed by atoms with Crippen LogP contribution >= 0.6 is 0 Å². The Morgan fingerprint density at radius 2 is 1.59 bits per heavy atom. The second kappa shape index (κ2) is 9.07. The van der Waals surface area contributed by atoms with E-state index >= 15 is 0 Å². The molecule has 0 aromatic heterocycles. The van der Waals surface area contributed by atoms with Crippen molar-refractivity contribution in [3.05, 3.63) is 68.8 Å². The van der Waals surface area contributed by atoms with Crippen LogP contribution in [-0.2, 0) is 16.0 Å². The summed E-state index contributed by atoms with van der Waals surface area (Å²) in [5, 5.41) is 52.7. The normalized spacial score (nSPS) is 15.6. The number of aliphatic hydroxyl groups is 1. The van der Waals surface area contributed by atoms with E-state index in [0.29, 0.717) is 5.56 Å². The molecule has 0 fully saturated rings. The van der Waals surface area contributed by atoms with E-state index in [0.717, 1.165) is 12.1 Å². The highest BCUT2D eigenvalue weighted by atomic mass is 16.6. The first kappa shape index (κ1) is 25.6. The lowest BCUT2D eigenvalue weighted by molar-refractivity contribution is -0.112. The van der Waals surface area contributed by atoms with Crippen LogP contribution in [0.2, 0.25) is 0 Å². The van der Waals surface area contributed by atoms with Gasteiger partial charge in [0, 0.05) is 23.6 Å². The number of aromatic hydroxyl groups is 4. The van der Waals surface area contributed by atoms with Crippen LogP contribution in [0, 0.1) is 13.8 Å². The molecule has 1 unspecified atom stereocenters. The van der Waals surface area contributed by atoms with Crippen molar-refractivity contribution in [2.75, 3.05) is 0 Å². The highest BCUT2D eigenvalue weighted by Gasteiger charge is 2.43. The summed E-state index contributed by atoms with van der Waals surface area (Å²) in [5.41, 5.74) is -0.166. The quantitative estimate of drug-likeness (QED) is 0.187. The number of fused-ring (bicyclic) bond motifs is 4. The molecule has 3 aromatic carbocycles. The Morgan fingerprint density at radius 3 is 2.26 bits per heavy atom. The minimum absolute atomic E-state index is 0.0502. The number of benzene rings is 3. The monoisotopic (exact) mass is 534 g/mol. The van der Waals surface area contributed by atoms with Crippen molar-refractivity contribution in [1.29, 1.82) is 0 Å². The van der Waals surface area contributed by atoms with Gasteiger partial charge in [0.05, 0.1) is 11.1 Å². The van der Waals surface area contributed by atoms with Gasteiger partial charge in [0.1, 0.15) is 34.1 Å². The molecule has 1 atom stereocenters.